The molecule has 3 aromatic rings. The molecule has 0 unspecified atom stereocenters. The van der Waals surface area contributed by atoms with Crippen LogP contribution in [0, 0.1) is 5.82 Å². The molecule has 2 heterocycles. The van der Waals surface area contributed by atoms with Gasteiger partial charge in [0, 0.05) is 4.47 Å². The molecule has 0 saturated heterocycles. The minimum atomic E-state index is -0.745. The van der Waals surface area contributed by atoms with Crippen molar-refractivity contribution in [3.8, 4) is 10.8 Å². The number of halogens is 2. The normalized spacial score (nSPS) is 10.6. The second-order valence-corrected chi connectivity index (χ2v) is 6.18. The Kier molecular flexibility index (Phi) is 4.35. The van der Waals surface area contributed by atoms with Crippen molar-refractivity contribution in [1.29, 1.82) is 0 Å². The summed E-state index contributed by atoms with van der Waals surface area (Å²) in [5.74, 6) is -0.916. The maximum Gasteiger partial charge on any atom is 0.341 e. The molecule has 7 heteroatoms. The van der Waals surface area contributed by atoms with Crippen molar-refractivity contribution in [2.24, 2.45) is 0 Å². The lowest BCUT2D eigenvalue weighted by Gasteiger charge is -2.04. The van der Waals surface area contributed by atoms with Gasteiger partial charge in [0.2, 0.25) is 5.89 Å². The van der Waals surface area contributed by atoms with Gasteiger partial charge in [-0.05, 0) is 29.6 Å². The number of ether oxygens (including phenoxy) is 1. The Morgan fingerprint density at radius 2 is 2.27 bits per heavy atom. The van der Waals surface area contributed by atoms with Crippen LogP contribution >= 0.6 is 27.3 Å². The standard InChI is InChI=1S/C15H9BrFNO3S/c16-9-3-4-11(12(17)6-9)15(19)21-8-10-7-20-14(18-10)13-2-1-5-22-13/h1-7H,8H2. The Morgan fingerprint density at radius 1 is 1.41 bits per heavy atom. The van der Waals surface area contributed by atoms with E-state index in [4.69, 9.17) is 9.15 Å². The van der Waals surface area contributed by atoms with Crippen LogP contribution in [0.15, 0.2) is 50.9 Å². The zero-order valence-corrected chi connectivity index (χ0v) is 13.5. The predicted octanol–water partition coefficient (Wildman–Crippen LogP) is 4.66. The lowest BCUT2D eigenvalue weighted by atomic mass is 10.2. The van der Waals surface area contributed by atoms with Gasteiger partial charge in [-0.1, -0.05) is 22.0 Å². The third kappa shape index (κ3) is 3.26. The Bertz CT molecular complexity index is 801. The molecule has 22 heavy (non-hydrogen) atoms. The lowest BCUT2D eigenvalue weighted by molar-refractivity contribution is 0.0462. The summed E-state index contributed by atoms with van der Waals surface area (Å²) in [6, 6.07) is 7.91. The summed E-state index contributed by atoms with van der Waals surface area (Å²) in [6.45, 7) is -0.0801. The van der Waals surface area contributed by atoms with Gasteiger partial charge in [0.1, 0.15) is 24.4 Å². The molecule has 0 aliphatic rings. The average molecular weight is 382 g/mol. The van der Waals surface area contributed by atoms with E-state index >= 15 is 0 Å². The van der Waals surface area contributed by atoms with Gasteiger partial charge in [0.15, 0.2) is 0 Å². The first-order valence-electron chi connectivity index (χ1n) is 6.24. The molecule has 1 aromatic carbocycles. The molecule has 0 saturated carbocycles. The Labute approximate surface area is 137 Å². The van der Waals surface area contributed by atoms with Crippen LogP contribution in [0.3, 0.4) is 0 Å². The average Bonchev–Trinajstić information content (AvgIpc) is 3.16. The Morgan fingerprint density at radius 3 is 3.00 bits per heavy atom. The molecular weight excluding hydrogens is 373 g/mol. The fraction of sp³-hybridized carbons (Fsp3) is 0.0667. The van der Waals surface area contributed by atoms with Gasteiger partial charge in [-0.3, -0.25) is 0 Å². The monoisotopic (exact) mass is 381 g/mol. The van der Waals surface area contributed by atoms with Gasteiger partial charge >= 0.3 is 5.97 Å². The van der Waals surface area contributed by atoms with Crippen molar-refractivity contribution in [3.05, 3.63) is 63.5 Å². The van der Waals surface area contributed by atoms with Gasteiger partial charge in [-0.15, -0.1) is 11.3 Å². The number of aromatic nitrogens is 1. The molecule has 0 fully saturated rings. The van der Waals surface area contributed by atoms with Crippen LogP contribution in [-0.2, 0) is 11.3 Å². The Hall–Kier alpha value is -1.99. The van der Waals surface area contributed by atoms with Crippen LogP contribution in [0.1, 0.15) is 16.1 Å². The SMILES string of the molecule is O=C(OCc1coc(-c2cccs2)n1)c1ccc(Br)cc1F. The van der Waals surface area contributed by atoms with E-state index in [0.717, 1.165) is 4.88 Å². The van der Waals surface area contributed by atoms with Crippen LogP contribution in [0.4, 0.5) is 4.39 Å². The predicted molar refractivity (Wildman–Crippen MR) is 83.0 cm³/mol. The molecule has 2 aromatic heterocycles. The van der Waals surface area contributed by atoms with Crippen LogP contribution in [0.5, 0.6) is 0 Å². The molecule has 3 rings (SSSR count). The topological polar surface area (TPSA) is 52.3 Å². The third-order valence-corrected chi connectivity index (χ3v) is 4.14. The van der Waals surface area contributed by atoms with Crippen molar-refractivity contribution < 1.29 is 18.3 Å². The van der Waals surface area contributed by atoms with E-state index in [0.29, 0.717) is 16.1 Å². The van der Waals surface area contributed by atoms with E-state index in [2.05, 4.69) is 20.9 Å². The largest absolute Gasteiger partial charge is 0.455 e. The summed E-state index contributed by atoms with van der Waals surface area (Å²) in [5, 5.41) is 1.91. The second-order valence-electron chi connectivity index (χ2n) is 4.32. The van der Waals surface area contributed by atoms with Gasteiger partial charge < -0.3 is 9.15 Å². The van der Waals surface area contributed by atoms with Crippen molar-refractivity contribution in [2.45, 2.75) is 6.61 Å². The minimum absolute atomic E-state index is 0.0801. The fourth-order valence-electron chi connectivity index (χ4n) is 1.76. The number of benzene rings is 1. The lowest BCUT2D eigenvalue weighted by Crippen LogP contribution is -2.07. The van der Waals surface area contributed by atoms with Crippen molar-refractivity contribution in [1.82, 2.24) is 4.98 Å². The number of thiophene rings is 1. The van der Waals surface area contributed by atoms with Crippen LogP contribution in [-0.4, -0.2) is 11.0 Å². The molecule has 0 aliphatic carbocycles. The summed E-state index contributed by atoms with van der Waals surface area (Å²) in [7, 11) is 0. The quantitative estimate of drug-likeness (QED) is 0.616. The molecule has 0 aliphatic heterocycles. The van der Waals surface area contributed by atoms with Crippen LogP contribution in [0.25, 0.3) is 10.8 Å². The molecule has 0 N–H and O–H groups in total. The second kappa shape index (κ2) is 6.41. The fourth-order valence-corrected chi connectivity index (χ4v) is 2.75. The first-order valence-corrected chi connectivity index (χ1v) is 7.91. The molecule has 112 valence electrons. The number of hydrogen-bond donors (Lipinski definition) is 0. The molecule has 0 radical (unpaired) electrons. The van der Waals surface area contributed by atoms with Crippen molar-refractivity contribution >= 4 is 33.2 Å². The number of nitrogens with zero attached hydrogens (tertiary/aromatic N) is 1. The van der Waals surface area contributed by atoms with E-state index < -0.39 is 11.8 Å². The zero-order chi connectivity index (χ0) is 15.5. The first-order chi connectivity index (χ1) is 10.6. The molecule has 4 nitrogen and oxygen atoms in total. The van der Waals surface area contributed by atoms with Crippen LogP contribution in [0.2, 0.25) is 0 Å². The van der Waals surface area contributed by atoms with E-state index in [1.54, 1.807) is 6.07 Å². The third-order valence-electron chi connectivity index (χ3n) is 2.79. The van der Waals surface area contributed by atoms with E-state index in [-0.39, 0.29) is 12.2 Å². The number of hydrogen-bond acceptors (Lipinski definition) is 5. The maximum atomic E-state index is 13.7. The highest BCUT2D eigenvalue weighted by atomic mass is 79.9. The number of oxazole rings is 1. The van der Waals surface area contributed by atoms with E-state index in [1.807, 2.05) is 17.5 Å². The van der Waals surface area contributed by atoms with Gasteiger partial charge in [0.05, 0.1) is 10.4 Å². The summed E-state index contributed by atoms with van der Waals surface area (Å²) in [6.07, 6.45) is 1.42. The number of rotatable bonds is 4. The molecule has 0 bridgehead atoms. The summed E-state index contributed by atoms with van der Waals surface area (Å²) < 4.78 is 24.6. The van der Waals surface area contributed by atoms with E-state index in [1.165, 1.54) is 29.7 Å². The number of carbonyl (C=O) groups is 1. The molecule has 0 spiro atoms. The van der Waals surface area contributed by atoms with Gasteiger partial charge in [-0.2, -0.15) is 0 Å². The molecule has 0 amide bonds. The number of carbonyl (C=O) groups excluding carboxylic acids is 1. The van der Waals surface area contributed by atoms with Crippen molar-refractivity contribution in [3.63, 3.8) is 0 Å². The van der Waals surface area contributed by atoms with Gasteiger partial charge in [-0.25, -0.2) is 14.2 Å². The maximum absolute atomic E-state index is 13.7. The van der Waals surface area contributed by atoms with Gasteiger partial charge in [0.25, 0.3) is 0 Å². The van der Waals surface area contributed by atoms with E-state index in [9.17, 15) is 9.18 Å². The highest BCUT2D eigenvalue weighted by Crippen LogP contribution is 2.24. The zero-order valence-electron chi connectivity index (χ0n) is 11.1. The summed E-state index contributed by atoms with van der Waals surface area (Å²) >= 11 is 4.63. The molecule has 0 atom stereocenters. The Balaban J connectivity index is 1.66. The highest BCUT2D eigenvalue weighted by Gasteiger charge is 2.15. The minimum Gasteiger partial charge on any atom is -0.455 e. The summed E-state index contributed by atoms with van der Waals surface area (Å²) in [4.78, 5) is 17.0. The van der Waals surface area contributed by atoms with Crippen molar-refractivity contribution in [2.75, 3.05) is 0 Å². The number of esters is 1. The highest BCUT2D eigenvalue weighted by molar-refractivity contribution is 9.10. The summed E-state index contributed by atoms with van der Waals surface area (Å²) in [5.41, 5.74) is 0.347. The smallest absolute Gasteiger partial charge is 0.341 e. The van der Waals surface area contributed by atoms with Crippen LogP contribution < -0.4 is 0 Å². The first kappa shape index (κ1) is 14.9. The molecular formula is C15H9BrFNO3S.